The second-order valence-corrected chi connectivity index (χ2v) is 6.51. The fraction of sp³-hybridized carbons (Fsp3) is 0.350. The normalized spacial score (nSPS) is 10.6. The monoisotopic (exact) mass is 339 g/mol. The zero-order chi connectivity index (χ0) is 18.2. The van der Waals surface area contributed by atoms with Gasteiger partial charge in [-0.25, -0.2) is 0 Å². The van der Waals surface area contributed by atoms with Gasteiger partial charge in [-0.1, -0.05) is 13.8 Å². The third-order valence-corrected chi connectivity index (χ3v) is 3.90. The van der Waals surface area contributed by atoms with Crippen molar-refractivity contribution in [2.24, 2.45) is 5.92 Å². The lowest BCUT2D eigenvalue weighted by Crippen LogP contribution is -2.29. The number of hydrogen-bond donors (Lipinski definition) is 1. The zero-order valence-corrected chi connectivity index (χ0v) is 15.0. The lowest BCUT2D eigenvalue weighted by atomic mass is 10.1. The molecule has 0 saturated carbocycles. The minimum absolute atomic E-state index is 0.0526. The summed E-state index contributed by atoms with van der Waals surface area (Å²) in [5, 5.41) is 2.87. The van der Waals surface area contributed by atoms with E-state index in [4.69, 9.17) is 0 Å². The van der Waals surface area contributed by atoms with Gasteiger partial charge in [0.25, 0.3) is 11.8 Å². The molecule has 132 valence electrons. The molecule has 25 heavy (non-hydrogen) atoms. The molecular formula is C20H25N3O2. The van der Waals surface area contributed by atoms with Crippen LogP contribution in [0.25, 0.3) is 0 Å². The summed E-state index contributed by atoms with van der Waals surface area (Å²) in [7, 11) is 1.78. The maximum atomic E-state index is 12.5. The number of nitrogens with one attached hydrogen (secondary N) is 1. The molecule has 0 atom stereocenters. The van der Waals surface area contributed by atoms with Crippen molar-refractivity contribution in [2.75, 3.05) is 20.1 Å². The Balaban J connectivity index is 1.91. The second kappa shape index (κ2) is 8.97. The summed E-state index contributed by atoms with van der Waals surface area (Å²) in [5.74, 6) is 0.237. The molecule has 2 rings (SSSR count). The Bertz CT molecular complexity index is 697. The maximum absolute atomic E-state index is 12.5. The number of aromatic nitrogens is 1. The molecule has 0 aliphatic heterocycles. The van der Waals surface area contributed by atoms with Crippen LogP contribution in [0, 0.1) is 5.92 Å². The van der Waals surface area contributed by atoms with Crippen LogP contribution in [-0.4, -0.2) is 41.8 Å². The van der Waals surface area contributed by atoms with Gasteiger partial charge in [-0.05, 0) is 54.3 Å². The van der Waals surface area contributed by atoms with Crippen molar-refractivity contribution in [3.05, 3.63) is 65.5 Å². The molecule has 0 saturated heterocycles. The van der Waals surface area contributed by atoms with Gasteiger partial charge in [-0.2, -0.15) is 0 Å². The fourth-order valence-electron chi connectivity index (χ4n) is 2.33. The third-order valence-electron chi connectivity index (χ3n) is 3.90. The van der Waals surface area contributed by atoms with Crippen LogP contribution in [0.4, 0.5) is 0 Å². The van der Waals surface area contributed by atoms with E-state index in [1.54, 1.807) is 48.6 Å². The van der Waals surface area contributed by atoms with Crippen LogP contribution in [0.1, 0.15) is 40.1 Å². The highest BCUT2D eigenvalue weighted by Gasteiger charge is 2.13. The lowest BCUT2D eigenvalue weighted by Gasteiger charge is -2.17. The summed E-state index contributed by atoms with van der Waals surface area (Å²) in [4.78, 5) is 30.2. The third kappa shape index (κ3) is 5.71. The van der Waals surface area contributed by atoms with Gasteiger partial charge in [-0.15, -0.1) is 0 Å². The van der Waals surface area contributed by atoms with E-state index in [9.17, 15) is 9.59 Å². The Morgan fingerprint density at radius 3 is 2.24 bits per heavy atom. The van der Waals surface area contributed by atoms with Crippen LogP contribution in [0.3, 0.4) is 0 Å². The summed E-state index contributed by atoms with van der Waals surface area (Å²) in [6, 6.07) is 10.7. The maximum Gasteiger partial charge on any atom is 0.253 e. The van der Waals surface area contributed by atoms with Crippen LogP contribution < -0.4 is 5.32 Å². The number of hydrogen-bond acceptors (Lipinski definition) is 3. The highest BCUT2D eigenvalue weighted by Crippen LogP contribution is 2.08. The Labute approximate surface area is 149 Å². The number of pyridine rings is 1. The molecule has 0 bridgehead atoms. The van der Waals surface area contributed by atoms with Gasteiger partial charge in [0.15, 0.2) is 0 Å². The SMILES string of the molecule is CC(C)CNC(=O)c1ccc(C(=O)N(C)CCc2ccncc2)cc1. The van der Waals surface area contributed by atoms with Crippen LogP contribution in [-0.2, 0) is 6.42 Å². The van der Waals surface area contributed by atoms with E-state index in [0.29, 0.717) is 30.1 Å². The topological polar surface area (TPSA) is 62.3 Å². The number of nitrogens with zero attached hydrogens (tertiary/aromatic N) is 2. The molecule has 1 heterocycles. The van der Waals surface area contributed by atoms with Crippen molar-refractivity contribution >= 4 is 11.8 Å². The van der Waals surface area contributed by atoms with Crippen LogP contribution >= 0.6 is 0 Å². The molecule has 0 spiro atoms. The van der Waals surface area contributed by atoms with E-state index in [1.807, 2.05) is 26.0 Å². The Kier molecular flexibility index (Phi) is 6.69. The molecule has 0 aliphatic carbocycles. The fourth-order valence-corrected chi connectivity index (χ4v) is 2.33. The van der Waals surface area contributed by atoms with Crippen LogP contribution in [0.2, 0.25) is 0 Å². The average Bonchev–Trinajstić information content (AvgIpc) is 2.64. The molecule has 0 radical (unpaired) electrons. The summed E-state index contributed by atoms with van der Waals surface area (Å²) >= 11 is 0. The molecule has 1 aromatic carbocycles. The molecular weight excluding hydrogens is 314 g/mol. The van der Waals surface area contributed by atoms with Gasteiger partial charge in [0.1, 0.15) is 0 Å². The minimum atomic E-state index is -0.112. The summed E-state index contributed by atoms with van der Waals surface area (Å²) in [5.41, 5.74) is 2.29. The largest absolute Gasteiger partial charge is 0.352 e. The minimum Gasteiger partial charge on any atom is -0.352 e. The number of likely N-dealkylation sites (N-methyl/N-ethyl adjacent to an activating group) is 1. The number of benzene rings is 1. The lowest BCUT2D eigenvalue weighted by molar-refractivity contribution is 0.0795. The van der Waals surface area contributed by atoms with Gasteiger partial charge >= 0.3 is 0 Å². The second-order valence-electron chi connectivity index (χ2n) is 6.51. The molecule has 5 nitrogen and oxygen atoms in total. The smallest absolute Gasteiger partial charge is 0.253 e. The average molecular weight is 339 g/mol. The van der Waals surface area contributed by atoms with Crippen molar-refractivity contribution in [1.29, 1.82) is 0 Å². The van der Waals surface area contributed by atoms with E-state index < -0.39 is 0 Å². The quantitative estimate of drug-likeness (QED) is 0.844. The highest BCUT2D eigenvalue weighted by molar-refractivity contribution is 5.97. The Morgan fingerprint density at radius 1 is 1.04 bits per heavy atom. The standard InChI is InChI=1S/C20H25N3O2/c1-15(2)14-22-19(24)17-4-6-18(7-5-17)20(25)23(3)13-10-16-8-11-21-12-9-16/h4-9,11-12,15H,10,13-14H2,1-3H3,(H,22,24). The summed E-state index contributed by atoms with van der Waals surface area (Å²) in [6.45, 7) is 5.35. The predicted molar refractivity (Wildman–Crippen MR) is 98.5 cm³/mol. The molecule has 1 aromatic heterocycles. The molecule has 1 N–H and O–H groups in total. The number of carbonyl (C=O) groups is 2. The first-order valence-electron chi connectivity index (χ1n) is 8.50. The van der Waals surface area contributed by atoms with Gasteiger partial charge in [-0.3, -0.25) is 14.6 Å². The summed E-state index contributed by atoms with van der Waals surface area (Å²) < 4.78 is 0. The predicted octanol–water partition coefficient (Wildman–Crippen LogP) is 2.78. The Hall–Kier alpha value is -2.69. The van der Waals surface area contributed by atoms with Gasteiger partial charge < -0.3 is 10.2 Å². The van der Waals surface area contributed by atoms with Gasteiger partial charge in [0.2, 0.25) is 0 Å². The zero-order valence-electron chi connectivity index (χ0n) is 15.0. The number of amides is 2. The van der Waals surface area contributed by atoms with Crippen molar-refractivity contribution in [1.82, 2.24) is 15.2 Å². The molecule has 5 heteroatoms. The molecule has 0 unspecified atom stereocenters. The van der Waals surface area contributed by atoms with Crippen molar-refractivity contribution in [2.45, 2.75) is 20.3 Å². The molecule has 0 aliphatic rings. The van der Waals surface area contributed by atoms with Crippen LogP contribution in [0.5, 0.6) is 0 Å². The molecule has 2 amide bonds. The van der Waals surface area contributed by atoms with Crippen molar-refractivity contribution < 1.29 is 9.59 Å². The van der Waals surface area contributed by atoms with Gasteiger partial charge in [0, 0.05) is 43.7 Å². The first kappa shape index (κ1) is 18.6. The van der Waals surface area contributed by atoms with E-state index in [0.717, 1.165) is 12.0 Å². The summed E-state index contributed by atoms with van der Waals surface area (Å²) in [6.07, 6.45) is 4.28. The number of carbonyl (C=O) groups excluding carboxylic acids is 2. The van der Waals surface area contributed by atoms with Crippen molar-refractivity contribution in [3.63, 3.8) is 0 Å². The van der Waals surface area contributed by atoms with Gasteiger partial charge in [0.05, 0.1) is 0 Å². The van der Waals surface area contributed by atoms with E-state index in [-0.39, 0.29) is 11.8 Å². The van der Waals surface area contributed by atoms with E-state index >= 15 is 0 Å². The molecule has 0 fully saturated rings. The molecule has 2 aromatic rings. The van der Waals surface area contributed by atoms with E-state index in [2.05, 4.69) is 10.3 Å². The first-order chi connectivity index (χ1) is 12.0. The Morgan fingerprint density at radius 2 is 1.64 bits per heavy atom. The number of rotatable bonds is 7. The van der Waals surface area contributed by atoms with E-state index in [1.165, 1.54) is 0 Å². The first-order valence-corrected chi connectivity index (χ1v) is 8.50. The van der Waals surface area contributed by atoms with Crippen molar-refractivity contribution in [3.8, 4) is 0 Å². The van der Waals surface area contributed by atoms with Crippen LogP contribution in [0.15, 0.2) is 48.8 Å². The highest BCUT2D eigenvalue weighted by atomic mass is 16.2.